The van der Waals surface area contributed by atoms with E-state index >= 15 is 0 Å². The molecule has 0 aliphatic heterocycles. The number of hydrogen-bond donors (Lipinski definition) is 0. The Labute approximate surface area is 119 Å². The minimum absolute atomic E-state index is 0.0795. The van der Waals surface area contributed by atoms with E-state index in [1.54, 1.807) is 19.1 Å². The molecule has 0 unspecified atom stereocenters. The molecule has 0 amide bonds. The molecule has 1 aromatic heterocycles. The van der Waals surface area contributed by atoms with Crippen LogP contribution in [0.3, 0.4) is 0 Å². The zero-order chi connectivity index (χ0) is 13.4. The Balaban J connectivity index is 2.80. The Morgan fingerprint density at radius 2 is 1.94 bits per heavy atom. The molecule has 0 aliphatic carbocycles. The van der Waals surface area contributed by atoms with E-state index in [2.05, 4.69) is 9.72 Å². The number of rotatable bonds is 1. The minimum atomic E-state index is -0.543. The van der Waals surface area contributed by atoms with Gasteiger partial charge in [0.05, 0.1) is 28.2 Å². The molecule has 0 saturated heterocycles. The van der Waals surface area contributed by atoms with Gasteiger partial charge in [0, 0.05) is 5.39 Å². The molecule has 0 radical (unpaired) electrons. The fraction of sp³-hybridized carbons (Fsp3) is 0.167. The Morgan fingerprint density at radius 1 is 1.28 bits per heavy atom. The molecule has 0 spiro atoms. The topological polar surface area (TPSA) is 39.2 Å². The number of halogens is 3. The van der Waals surface area contributed by atoms with E-state index in [9.17, 15) is 4.79 Å². The molecule has 6 heteroatoms. The van der Waals surface area contributed by atoms with Gasteiger partial charge >= 0.3 is 5.97 Å². The average Bonchev–Trinajstić information content (AvgIpc) is 2.36. The zero-order valence-electron chi connectivity index (χ0n) is 9.55. The van der Waals surface area contributed by atoms with Gasteiger partial charge in [-0.3, -0.25) is 0 Å². The van der Waals surface area contributed by atoms with Crippen LogP contribution < -0.4 is 0 Å². The summed E-state index contributed by atoms with van der Waals surface area (Å²) in [6, 6.07) is 3.23. The molecule has 0 fully saturated rings. The average molecular weight is 305 g/mol. The number of aryl methyl sites for hydroxylation is 1. The van der Waals surface area contributed by atoms with Crippen molar-refractivity contribution in [1.82, 2.24) is 4.98 Å². The van der Waals surface area contributed by atoms with Crippen molar-refractivity contribution in [2.75, 3.05) is 7.11 Å². The number of aromatic nitrogens is 1. The number of methoxy groups -OCH3 is 1. The Morgan fingerprint density at radius 3 is 2.56 bits per heavy atom. The number of ether oxygens (including phenoxy) is 1. The van der Waals surface area contributed by atoms with Gasteiger partial charge in [-0.15, -0.1) is 0 Å². The van der Waals surface area contributed by atoms with E-state index in [0.29, 0.717) is 20.9 Å². The third-order valence-corrected chi connectivity index (χ3v) is 3.76. The molecule has 1 heterocycles. The maximum absolute atomic E-state index is 11.5. The lowest BCUT2D eigenvalue weighted by molar-refractivity contribution is 0.0600. The molecule has 0 bridgehead atoms. The van der Waals surface area contributed by atoms with E-state index in [0.717, 1.165) is 5.56 Å². The highest BCUT2D eigenvalue weighted by Crippen LogP contribution is 2.33. The monoisotopic (exact) mass is 303 g/mol. The third-order valence-electron chi connectivity index (χ3n) is 2.59. The smallest absolute Gasteiger partial charge is 0.341 e. The first-order valence-electron chi connectivity index (χ1n) is 4.99. The molecule has 94 valence electrons. The molecule has 0 N–H and O–H groups in total. The molecule has 3 nitrogen and oxygen atoms in total. The molecule has 18 heavy (non-hydrogen) atoms. The first kappa shape index (κ1) is 13.4. The van der Waals surface area contributed by atoms with Crippen LogP contribution in [0.1, 0.15) is 15.9 Å². The lowest BCUT2D eigenvalue weighted by atomic mass is 10.1. The number of benzene rings is 1. The van der Waals surface area contributed by atoms with Gasteiger partial charge < -0.3 is 4.74 Å². The second kappa shape index (κ2) is 4.92. The van der Waals surface area contributed by atoms with Crippen molar-refractivity contribution in [2.24, 2.45) is 0 Å². The first-order valence-corrected chi connectivity index (χ1v) is 6.12. The van der Waals surface area contributed by atoms with Crippen LogP contribution in [-0.4, -0.2) is 18.1 Å². The molecular formula is C12H8Cl3NO2. The van der Waals surface area contributed by atoms with E-state index in [1.807, 2.05) is 0 Å². The van der Waals surface area contributed by atoms with Crippen LogP contribution in [-0.2, 0) is 4.74 Å². The number of fused-ring (bicyclic) bond motifs is 1. The van der Waals surface area contributed by atoms with Crippen molar-refractivity contribution in [3.05, 3.63) is 38.5 Å². The van der Waals surface area contributed by atoms with Gasteiger partial charge in [-0.2, -0.15) is 0 Å². The second-order valence-electron chi connectivity index (χ2n) is 3.69. The normalized spacial score (nSPS) is 10.7. The lowest BCUT2D eigenvalue weighted by Gasteiger charge is -2.08. The summed E-state index contributed by atoms with van der Waals surface area (Å²) in [6.45, 7) is 1.79. The van der Waals surface area contributed by atoms with Gasteiger partial charge in [0.1, 0.15) is 5.15 Å². The number of hydrogen-bond acceptors (Lipinski definition) is 3. The van der Waals surface area contributed by atoms with Crippen molar-refractivity contribution in [1.29, 1.82) is 0 Å². The third kappa shape index (κ3) is 2.14. The van der Waals surface area contributed by atoms with Crippen LogP contribution in [0.4, 0.5) is 0 Å². The molecule has 0 atom stereocenters. The Bertz CT molecular complexity index is 656. The number of esters is 1. The van der Waals surface area contributed by atoms with Crippen LogP contribution in [0.2, 0.25) is 15.2 Å². The Hall–Kier alpha value is -1.03. The SMILES string of the molecule is COC(=O)c1cc2cc(Cl)c(Cl)c(C)c2nc1Cl. The van der Waals surface area contributed by atoms with Gasteiger partial charge in [-0.1, -0.05) is 34.8 Å². The van der Waals surface area contributed by atoms with Crippen LogP contribution >= 0.6 is 34.8 Å². The summed E-state index contributed by atoms with van der Waals surface area (Å²) in [4.78, 5) is 15.7. The maximum atomic E-state index is 11.5. The maximum Gasteiger partial charge on any atom is 0.341 e. The standard InChI is InChI=1S/C12H8Cl3NO2/c1-5-9(14)8(13)4-6-3-7(12(17)18-2)11(15)16-10(5)6/h3-4H,1-2H3. The summed E-state index contributed by atoms with van der Waals surface area (Å²) in [7, 11) is 1.28. The molecule has 2 aromatic rings. The van der Waals surface area contributed by atoms with Crippen molar-refractivity contribution >= 4 is 51.7 Å². The number of pyridine rings is 1. The van der Waals surface area contributed by atoms with Crippen molar-refractivity contribution in [3.8, 4) is 0 Å². The molecule has 0 aliphatic rings. The van der Waals surface area contributed by atoms with Gasteiger partial charge in [-0.05, 0) is 24.6 Å². The van der Waals surface area contributed by atoms with E-state index in [-0.39, 0.29) is 10.7 Å². The van der Waals surface area contributed by atoms with Gasteiger partial charge in [0.2, 0.25) is 0 Å². The number of carbonyl (C=O) groups is 1. The summed E-state index contributed by atoms with van der Waals surface area (Å²) in [5.74, 6) is -0.543. The summed E-state index contributed by atoms with van der Waals surface area (Å²) in [5, 5.41) is 1.60. The van der Waals surface area contributed by atoms with Crippen LogP contribution in [0.25, 0.3) is 10.9 Å². The van der Waals surface area contributed by atoms with E-state index in [4.69, 9.17) is 34.8 Å². The van der Waals surface area contributed by atoms with E-state index in [1.165, 1.54) is 7.11 Å². The number of nitrogens with zero attached hydrogens (tertiary/aromatic N) is 1. The van der Waals surface area contributed by atoms with E-state index < -0.39 is 5.97 Å². The van der Waals surface area contributed by atoms with Crippen molar-refractivity contribution in [2.45, 2.75) is 6.92 Å². The first-order chi connectivity index (χ1) is 8.45. The summed E-state index contributed by atoms with van der Waals surface area (Å²) >= 11 is 18.0. The van der Waals surface area contributed by atoms with Gasteiger partial charge in [0.15, 0.2) is 0 Å². The lowest BCUT2D eigenvalue weighted by Crippen LogP contribution is -2.04. The fourth-order valence-corrected chi connectivity index (χ4v) is 2.27. The molecular weight excluding hydrogens is 296 g/mol. The summed E-state index contributed by atoms with van der Waals surface area (Å²) < 4.78 is 4.63. The minimum Gasteiger partial charge on any atom is -0.465 e. The predicted octanol–water partition coefficient (Wildman–Crippen LogP) is 4.29. The Kier molecular flexibility index (Phi) is 3.66. The largest absolute Gasteiger partial charge is 0.465 e. The van der Waals surface area contributed by atoms with Crippen LogP contribution in [0, 0.1) is 6.92 Å². The quantitative estimate of drug-likeness (QED) is 0.583. The van der Waals surface area contributed by atoms with Crippen LogP contribution in [0.15, 0.2) is 12.1 Å². The zero-order valence-corrected chi connectivity index (χ0v) is 11.8. The molecule has 0 saturated carbocycles. The molecule has 1 aromatic carbocycles. The van der Waals surface area contributed by atoms with Crippen LogP contribution in [0.5, 0.6) is 0 Å². The second-order valence-corrected chi connectivity index (χ2v) is 4.83. The highest BCUT2D eigenvalue weighted by atomic mass is 35.5. The summed E-state index contributed by atoms with van der Waals surface area (Å²) in [5.41, 5.74) is 1.53. The highest BCUT2D eigenvalue weighted by Gasteiger charge is 2.16. The highest BCUT2D eigenvalue weighted by molar-refractivity contribution is 6.43. The fourth-order valence-electron chi connectivity index (χ4n) is 1.65. The summed E-state index contributed by atoms with van der Waals surface area (Å²) in [6.07, 6.45) is 0. The predicted molar refractivity (Wildman–Crippen MR) is 72.8 cm³/mol. The van der Waals surface area contributed by atoms with Gasteiger partial charge in [-0.25, -0.2) is 9.78 Å². The molecule has 2 rings (SSSR count). The van der Waals surface area contributed by atoms with Gasteiger partial charge in [0.25, 0.3) is 0 Å². The van der Waals surface area contributed by atoms with Crippen molar-refractivity contribution in [3.63, 3.8) is 0 Å². The van der Waals surface area contributed by atoms with Crippen molar-refractivity contribution < 1.29 is 9.53 Å². The number of carbonyl (C=O) groups excluding carboxylic acids is 1.